The molecule has 6 nitrogen and oxygen atoms in total. The third-order valence-electron chi connectivity index (χ3n) is 5.48. The van der Waals surface area contributed by atoms with Crippen molar-refractivity contribution in [2.75, 3.05) is 14.2 Å². The van der Waals surface area contributed by atoms with Crippen molar-refractivity contribution in [1.29, 1.82) is 0 Å². The summed E-state index contributed by atoms with van der Waals surface area (Å²) in [6.45, 7) is 2.01. The fourth-order valence-electron chi connectivity index (χ4n) is 3.39. The molecule has 4 aromatic carbocycles. The van der Waals surface area contributed by atoms with Gasteiger partial charge in [0.25, 0.3) is 0 Å². The second-order valence-electron chi connectivity index (χ2n) is 8.16. The summed E-state index contributed by atoms with van der Waals surface area (Å²) in [6.07, 6.45) is 0. The van der Waals surface area contributed by atoms with Gasteiger partial charge in [-0.15, -0.1) is 0 Å². The molecule has 4 rings (SSSR count). The van der Waals surface area contributed by atoms with Crippen LogP contribution in [0.2, 0.25) is 0 Å². The van der Waals surface area contributed by atoms with Gasteiger partial charge in [-0.2, -0.15) is 0 Å². The van der Waals surface area contributed by atoms with E-state index in [1.165, 1.54) is 0 Å². The van der Waals surface area contributed by atoms with Crippen LogP contribution in [0, 0.1) is 36.0 Å². The van der Waals surface area contributed by atoms with Gasteiger partial charge in [0.1, 0.15) is 37.4 Å². The molecule has 41 heavy (non-hydrogen) atoms. The van der Waals surface area contributed by atoms with Gasteiger partial charge in [-0.1, -0.05) is 17.7 Å². The van der Waals surface area contributed by atoms with Crippen molar-refractivity contribution in [2.24, 2.45) is 0 Å². The molecule has 0 amide bonds. The first-order valence-electron chi connectivity index (χ1n) is 11.4. The minimum Gasteiger partial charge on any atom is -0.744 e. The van der Waals surface area contributed by atoms with Gasteiger partial charge in [-0.05, 0) is 67.6 Å². The second kappa shape index (κ2) is 13.1. The van der Waals surface area contributed by atoms with E-state index in [2.05, 4.69) is 0 Å². The number of hydrogen-bond acceptors (Lipinski definition) is 6. The number of ether oxygens (including phenoxy) is 2. The lowest BCUT2D eigenvalue weighted by Crippen LogP contribution is -2.16. The minimum absolute atomic E-state index is 0.0975. The minimum atomic E-state index is -5.77. The smallest absolute Gasteiger partial charge is 0.373 e. The van der Waals surface area contributed by atoms with Gasteiger partial charge >= 0.3 is 5.12 Å². The van der Waals surface area contributed by atoms with Crippen molar-refractivity contribution in [1.82, 2.24) is 0 Å². The summed E-state index contributed by atoms with van der Waals surface area (Å²) in [6, 6.07) is 23.1. The van der Waals surface area contributed by atoms with Crippen LogP contribution in [0.1, 0.15) is 15.9 Å². The monoisotopic (exact) mass is 612 g/mol. The predicted octanol–water partition coefficient (Wildman–Crippen LogP) is 6.18. The quantitative estimate of drug-likeness (QED) is 0.0850. The van der Waals surface area contributed by atoms with Crippen molar-refractivity contribution in [3.8, 4) is 11.5 Å². The highest BCUT2D eigenvalue weighted by Crippen LogP contribution is 2.30. The molecule has 0 bridgehead atoms. The Bertz CT molecular complexity index is 1570. The Morgan fingerprint density at radius 2 is 1.02 bits per heavy atom. The van der Waals surface area contributed by atoms with Gasteiger partial charge in [-0.25, -0.2) is 35.2 Å². The summed E-state index contributed by atoms with van der Waals surface area (Å²) in [4.78, 5) is 12.9. The van der Waals surface area contributed by atoms with Crippen LogP contribution >= 0.6 is 0 Å². The molecule has 13 heteroatoms. The molecule has 0 N–H and O–H groups in total. The third kappa shape index (κ3) is 7.23. The van der Waals surface area contributed by atoms with E-state index in [0.29, 0.717) is 5.56 Å². The van der Waals surface area contributed by atoms with E-state index in [1.54, 1.807) is 14.2 Å². The van der Waals surface area contributed by atoms with E-state index in [0.717, 1.165) is 26.9 Å². The highest BCUT2D eigenvalue weighted by molar-refractivity contribution is 8.11. The van der Waals surface area contributed by atoms with Crippen LogP contribution < -0.4 is 9.47 Å². The fourth-order valence-corrected chi connectivity index (χ4v) is 5.89. The predicted molar refractivity (Wildman–Crippen MR) is 140 cm³/mol. The summed E-state index contributed by atoms with van der Waals surface area (Å²) >= 11 is 0. The Morgan fingerprint density at radius 1 is 0.659 bits per heavy atom. The van der Waals surface area contributed by atoms with Gasteiger partial charge in [0.15, 0.2) is 33.1 Å². The Labute approximate surface area is 235 Å². The van der Waals surface area contributed by atoms with Crippen LogP contribution in [0.5, 0.6) is 11.5 Å². The summed E-state index contributed by atoms with van der Waals surface area (Å²) in [5.41, 5.74) is 1.85. The summed E-state index contributed by atoms with van der Waals surface area (Å²) in [5.74, 6) is -11.3. The van der Waals surface area contributed by atoms with E-state index >= 15 is 0 Å². The molecule has 0 saturated heterocycles. The second-order valence-corrected chi connectivity index (χ2v) is 11.4. The lowest BCUT2D eigenvalue weighted by atomic mass is 10.2. The van der Waals surface area contributed by atoms with Gasteiger partial charge in [-0.3, -0.25) is 0 Å². The topological polar surface area (TPSA) is 92.7 Å². The van der Waals surface area contributed by atoms with Crippen LogP contribution in [0.25, 0.3) is 0 Å². The maximum Gasteiger partial charge on any atom is 0.373 e. The van der Waals surface area contributed by atoms with Gasteiger partial charge in [0.05, 0.1) is 19.8 Å². The van der Waals surface area contributed by atoms with E-state index in [9.17, 15) is 39.7 Å². The van der Waals surface area contributed by atoms with E-state index < -0.39 is 55.0 Å². The van der Waals surface area contributed by atoms with Crippen molar-refractivity contribution in [3.05, 3.63) is 113 Å². The van der Waals surface area contributed by atoms with Crippen molar-refractivity contribution in [3.63, 3.8) is 0 Å². The molecule has 0 aliphatic rings. The standard InChI is InChI=1S/C22H21O3S.C6HF5O3S/c1-16-4-6-17(7-5-16)22(23)26(20-12-8-18(24-2)9-13-20)21-14-10-19(25-3)11-15-21;7-1-2(8)4(10)6(15(12,13)14)5(11)3(1)9/h4-15H,1-3H3;(H,12,13,14)/q+1;/p-1. The largest absolute Gasteiger partial charge is 0.744 e. The molecule has 0 aromatic heterocycles. The zero-order valence-corrected chi connectivity index (χ0v) is 23.2. The lowest BCUT2D eigenvalue weighted by Gasteiger charge is -2.10. The summed E-state index contributed by atoms with van der Waals surface area (Å²) in [5, 5.41) is 0.0975. The van der Waals surface area contributed by atoms with Crippen molar-refractivity contribution in [2.45, 2.75) is 21.6 Å². The Hall–Kier alpha value is -3.94. The number of aryl methyl sites for hydroxylation is 1. The molecule has 0 fully saturated rings. The first-order chi connectivity index (χ1) is 19.3. The molecule has 0 heterocycles. The van der Waals surface area contributed by atoms with Crippen molar-refractivity contribution < 1.29 is 49.2 Å². The average Bonchev–Trinajstić information content (AvgIpc) is 2.96. The van der Waals surface area contributed by atoms with Crippen LogP contribution in [-0.2, 0) is 21.0 Å². The molecule has 0 saturated carbocycles. The zero-order chi connectivity index (χ0) is 30.5. The Kier molecular flexibility index (Phi) is 10.1. The first-order valence-corrected chi connectivity index (χ1v) is 14.0. The highest BCUT2D eigenvalue weighted by atomic mass is 32.2. The third-order valence-corrected chi connectivity index (χ3v) is 8.43. The van der Waals surface area contributed by atoms with Crippen LogP contribution in [0.15, 0.2) is 87.5 Å². The molecule has 0 aliphatic carbocycles. The van der Waals surface area contributed by atoms with E-state index in [1.807, 2.05) is 79.7 Å². The molecule has 0 atom stereocenters. The average molecular weight is 613 g/mol. The Morgan fingerprint density at radius 3 is 1.37 bits per heavy atom. The number of rotatable bonds is 6. The summed E-state index contributed by atoms with van der Waals surface area (Å²) < 4.78 is 103. The van der Waals surface area contributed by atoms with Gasteiger partial charge in [0, 0.05) is 0 Å². The highest BCUT2D eigenvalue weighted by Gasteiger charge is 2.36. The lowest BCUT2D eigenvalue weighted by molar-refractivity contribution is 0.108. The number of carbonyl (C=O) groups is 1. The number of methoxy groups -OCH3 is 2. The molecule has 4 aromatic rings. The molecular weight excluding hydrogens is 591 g/mol. The summed E-state index contributed by atoms with van der Waals surface area (Å²) in [7, 11) is -3.23. The van der Waals surface area contributed by atoms with Crippen LogP contribution in [0.4, 0.5) is 22.0 Å². The van der Waals surface area contributed by atoms with E-state index in [-0.39, 0.29) is 5.12 Å². The van der Waals surface area contributed by atoms with Crippen LogP contribution in [-0.4, -0.2) is 32.3 Å². The maximum absolute atomic E-state index is 13.3. The van der Waals surface area contributed by atoms with E-state index in [4.69, 9.17) is 9.47 Å². The molecule has 0 spiro atoms. The normalized spacial score (nSPS) is 11.1. The van der Waals surface area contributed by atoms with Gasteiger partial charge < -0.3 is 14.0 Å². The van der Waals surface area contributed by atoms with Gasteiger partial charge in [0.2, 0.25) is 5.82 Å². The molecule has 0 aliphatic heterocycles. The fraction of sp³-hybridized carbons (Fsp3) is 0.107. The number of carbonyl (C=O) groups excluding carboxylic acids is 1. The molecular formula is C28H21F5O6S2. The Balaban J connectivity index is 0.000000263. The maximum atomic E-state index is 13.3. The zero-order valence-electron chi connectivity index (χ0n) is 21.6. The molecule has 216 valence electrons. The molecule has 0 radical (unpaired) electrons. The number of halogens is 5. The first kappa shape index (κ1) is 31.6. The molecule has 0 unspecified atom stereocenters. The van der Waals surface area contributed by atoms with Crippen LogP contribution in [0.3, 0.4) is 0 Å². The number of hydrogen-bond donors (Lipinski definition) is 0. The number of benzene rings is 4. The van der Waals surface area contributed by atoms with Crippen molar-refractivity contribution >= 4 is 26.1 Å². The SMILES string of the molecule is COc1ccc([S+](C(=O)c2ccc(C)cc2)c2ccc(OC)cc2)cc1.O=S(=O)([O-])c1c(F)c(F)c(F)c(F)c1F.